The van der Waals surface area contributed by atoms with Gasteiger partial charge in [0.05, 0.1) is 23.0 Å². The van der Waals surface area contributed by atoms with Gasteiger partial charge in [0, 0.05) is 11.6 Å². The van der Waals surface area contributed by atoms with Crippen molar-refractivity contribution in [2.24, 2.45) is 0 Å². The number of H-pyrrole nitrogens is 1. The molecule has 0 bridgehead atoms. The number of fused-ring (bicyclic) bond motifs is 1. The van der Waals surface area contributed by atoms with Gasteiger partial charge < -0.3 is 15.0 Å². The summed E-state index contributed by atoms with van der Waals surface area (Å²) in [6.07, 6.45) is 0.123. The minimum Gasteiger partial charge on any atom is -0.456 e. The highest BCUT2D eigenvalue weighted by Gasteiger charge is 2.18. The summed E-state index contributed by atoms with van der Waals surface area (Å²) in [4.78, 5) is 31.9. The normalized spacial score (nSPS) is 11.4. The first kappa shape index (κ1) is 19.9. The molecule has 28 heavy (non-hydrogen) atoms. The molecule has 3 aromatic rings. The molecule has 0 atom stereocenters. The van der Waals surface area contributed by atoms with Gasteiger partial charge in [-0.3, -0.25) is 4.79 Å². The molecule has 1 aromatic heterocycles. The molecule has 1 heterocycles. The van der Waals surface area contributed by atoms with Gasteiger partial charge in [0.2, 0.25) is 5.91 Å². The fourth-order valence-corrected chi connectivity index (χ4v) is 2.85. The van der Waals surface area contributed by atoms with Crippen molar-refractivity contribution >= 4 is 34.5 Å². The first-order valence-electron chi connectivity index (χ1n) is 8.93. The van der Waals surface area contributed by atoms with Gasteiger partial charge in [-0.05, 0) is 56.7 Å². The Morgan fingerprint density at radius 1 is 1.18 bits per heavy atom. The molecule has 7 heteroatoms. The van der Waals surface area contributed by atoms with E-state index in [1.54, 1.807) is 36.4 Å². The van der Waals surface area contributed by atoms with Gasteiger partial charge in [0.25, 0.3) is 0 Å². The van der Waals surface area contributed by atoms with E-state index in [4.69, 9.17) is 16.3 Å². The summed E-state index contributed by atoms with van der Waals surface area (Å²) in [5.74, 6) is 0.00621. The summed E-state index contributed by atoms with van der Waals surface area (Å²) < 4.78 is 5.37. The molecule has 0 radical (unpaired) electrons. The minimum absolute atomic E-state index is 0.123. The zero-order valence-corrected chi connectivity index (χ0v) is 16.8. The molecule has 0 saturated carbocycles. The van der Waals surface area contributed by atoms with Crippen LogP contribution in [0, 0.1) is 0 Å². The van der Waals surface area contributed by atoms with E-state index in [0.717, 1.165) is 16.6 Å². The number of benzene rings is 2. The number of carbonyl (C=O) groups is 2. The number of hydrogen-bond acceptors (Lipinski definition) is 4. The molecule has 6 nitrogen and oxygen atoms in total. The Morgan fingerprint density at radius 2 is 1.96 bits per heavy atom. The van der Waals surface area contributed by atoms with Crippen molar-refractivity contribution in [3.63, 3.8) is 0 Å². The lowest BCUT2D eigenvalue weighted by molar-refractivity contribution is -0.120. The Morgan fingerprint density at radius 3 is 2.71 bits per heavy atom. The van der Waals surface area contributed by atoms with Crippen LogP contribution in [0.4, 0.5) is 0 Å². The molecular formula is C21H22ClN3O3. The average Bonchev–Trinajstić information content (AvgIpc) is 3.00. The Hall–Kier alpha value is -2.86. The third-order valence-corrected chi connectivity index (χ3v) is 4.11. The quantitative estimate of drug-likeness (QED) is 0.634. The first-order valence-corrected chi connectivity index (χ1v) is 9.30. The number of ether oxygens (including phenoxy) is 1. The summed E-state index contributed by atoms with van der Waals surface area (Å²) in [5, 5.41) is 3.45. The SMILES string of the molecule is CC(C)(C)OC(=O)c1cccc(CNC(=O)Cc2nc3ccc(Cl)cc3[nH]2)c1. The highest BCUT2D eigenvalue weighted by molar-refractivity contribution is 6.31. The summed E-state index contributed by atoms with van der Waals surface area (Å²) in [5.41, 5.74) is 2.26. The van der Waals surface area contributed by atoms with E-state index in [1.165, 1.54) is 0 Å². The molecule has 0 aliphatic heterocycles. The number of carbonyl (C=O) groups excluding carboxylic acids is 2. The Labute approximate surface area is 168 Å². The highest BCUT2D eigenvalue weighted by Crippen LogP contribution is 2.17. The van der Waals surface area contributed by atoms with Crippen molar-refractivity contribution in [1.29, 1.82) is 0 Å². The van der Waals surface area contributed by atoms with Crippen molar-refractivity contribution in [2.75, 3.05) is 0 Å². The summed E-state index contributed by atoms with van der Waals surface area (Å²) in [6, 6.07) is 12.4. The van der Waals surface area contributed by atoms with Crippen LogP contribution in [-0.2, 0) is 22.5 Å². The van der Waals surface area contributed by atoms with Gasteiger partial charge >= 0.3 is 5.97 Å². The fraction of sp³-hybridized carbons (Fsp3) is 0.286. The molecule has 2 N–H and O–H groups in total. The van der Waals surface area contributed by atoms with Crippen molar-refractivity contribution in [1.82, 2.24) is 15.3 Å². The number of imidazole rings is 1. The van der Waals surface area contributed by atoms with E-state index in [2.05, 4.69) is 15.3 Å². The van der Waals surface area contributed by atoms with E-state index in [9.17, 15) is 9.59 Å². The topological polar surface area (TPSA) is 84.1 Å². The van der Waals surface area contributed by atoms with Crippen molar-refractivity contribution in [3.8, 4) is 0 Å². The summed E-state index contributed by atoms with van der Waals surface area (Å²) in [6.45, 7) is 5.77. The monoisotopic (exact) mass is 399 g/mol. The minimum atomic E-state index is -0.557. The summed E-state index contributed by atoms with van der Waals surface area (Å²) in [7, 11) is 0. The third-order valence-electron chi connectivity index (χ3n) is 3.87. The first-order chi connectivity index (χ1) is 13.2. The van der Waals surface area contributed by atoms with E-state index >= 15 is 0 Å². The van der Waals surface area contributed by atoms with Crippen molar-refractivity contribution < 1.29 is 14.3 Å². The van der Waals surface area contributed by atoms with Crippen molar-refractivity contribution in [2.45, 2.75) is 39.3 Å². The molecular weight excluding hydrogens is 378 g/mol. The standard InChI is InChI=1S/C21H22ClN3O3/c1-21(2,3)28-20(27)14-6-4-5-13(9-14)12-23-19(26)11-18-24-16-8-7-15(22)10-17(16)25-18/h4-10H,11-12H2,1-3H3,(H,23,26)(H,24,25). The number of rotatable bonds is 5. The number of halogens is 1. The van der Waals surface area contributed by atoms with Crippen molar-refractivity contribution in [3.05, 3.63) is 64.4 Å². The largest absolute Gasteiger partial charge is 0.456 e. The lowest BCUT2D eigenvalue weighted by Gasteiger charge is -2.19. The Kier molecular flexibility index (Phi) is 5.70. The van der Waals surface area contributed by atoms with E-state index < -0.39 is 5.60 Å². The molecule has 3 rings (SSSR count). The van der Waals surface area contributed by atoms with Gasteiger partial charge in [0.15, 0.2) is 0 Å². The van der Waals surface area contributed by atoms with Gasteiger partial charge in [-0.15, -0.1) is 0 Å². The van der Waals surface area contributed by atoms with Gasteiger partial charge in [-0.25, -0.2) is 9.78 Å². The van der Waals surface area contributed by atoms with E-state index in [-0.39, 0.29) is 18.3 Å². The lowest BCUT2D eigenvalue weighted by atomic mass is 10.1. The predicted octanol–water partition coefficient (Wildman–Crippen LogP) is 4.03. The number of hydrogen-bond donors (Lipinski definition) is 2. The van der Waals surface area contributed by atoms with Crippen LogP contribution >= 0.6 is 11.6 Å². The van der Waals surface area contributed by atoms with E-state index in [1.807, 2.05) is 26.8 Å². The molecule has 0 spiro atoms. The molecule has 0 unspecified atom stereocenters. The van der Waals surface area contributed by atoms with Crippen LogP contribution in [-0.4, -0.2) is 27.4 Å². The zero-order valence-electron chi connectivity index (χ0n) is 16.0. The number of nitrogens with zero attached hydrogens (tertiary/aromatic N) is 1. The van der Waals surface area contributed by atoms with Crippen LogP contribution in [0.15, 0.2) is 42.5 Å². The second-order valence-corrected chi connectivity index (χ2v) is 7.94. The van der Waals surface area contributed by atoms with Gasteiger partial charge in [-0.2, -0.15) is 0 Å². The molecule has 0 fully saturated rings. The maximum Gasteiger partial charge on any atom is 0.338 e. The van der Waals surface area contributed by atoms with Gasteiger partial charge in [-0.1, -0.05) is 23.7 Å². The lowest BCUT2D eigenvalue weighted by Crippen LogP contribution is -2.25. The van der Waals surface area contributed by atoms with Crippen LogP contribution in [0.25, 0.3) is 11.0 Å². The molecule has 146 valence electrons. The average molecular weight is 400 g/mol. The maximum absolute atomic E-state index is 12.2. The predicted molar refractivity (Wildman–Crippen MR) is 108 cm³/mol. The molecule has 2 aromatic carbocycles. The van der Waals surface area contributed by atoms with Crippen LogP contribution in [0.5, 0.6) is 0 Å². The van der Waals surface area contributed by atoms with E-state index in [0.29, 0.717) is 23.0 Å². The molecule has 0 aliphatic rings. The van der Waals surface area contributed by atoms with Gasteiger partial charge in [0.1, 0.15) is 11.4 Å². The van der Waals surface area contributed by atoms with Crippen LogP contribution in [0.1, 0.15) is 42.5 Å². The maximum atomic E-state index is 12.2. The Bertz CT molecular complexity index is 1020. The molecule has 1 amide bonds. The molecule has 0 saturated heterocycles. The Balaban J connectivity index is 1.59. The smallest absolute Gasteiger partial charge is 0.338 e. The number of aromatic nitrogens is 2. The van der Waals surface area contributed by atoms with Crippen LogP contribution in [0.2, 0.25) is 5.02 Å². The highest BCUT2D eigenvalue weighted by atomic mass is 35.5. The summed E-state index contributed by atoms with van der Waals surface area (Å²) >= 11 is 5.96. The second-order valence-electron chi connectivity index (χ2n) is 7.50. The van der Waals surface area contributed by atoms with Crippen LogP contribution in [0.3, 0.4) is 0 Å². The number of esters is 1. The second kappa shape index (κ2) is 8.02. The zero-order chi connectivity index (χ0) is 20.3. The van der Waals surface area contributed by atoms with Crippen LogP contribution < -0.4 is 5.32 Å². The number of nitrogens with one attached hydrogen (secondary N) is 2. The molecule has 0 aliphatic carbocycles. The number of aromatic amines is 1. The fourth-order valence-electron chi connectivity index (χ4n) is 2.68. The third kappa shape index (κ3) is 5.33. The number of amides is 1.